The van der Waals surface area contributed by atoms with Gasteiger partial charge in [0.1, 0.15) is 18.1 Å². The fraction of sp³-hybridized carbons (Fsp3) is 0.733. The molecule has 3 N–H and O–H groups in total. The van der Waals surface area contributed by atoms with Crippen LogP contribution in [0, 0.1) is 11.8 Å². The maximum Gasteiger partial charge on any atom is 0.434 e. The maximum atomic E-state index is 14.3. The molecule has 0 unspecified atom stereocenters. The number of anilines is 1. The summed E-state index contributed by atoms with van der Waals surface area (Å²) in [6, 6.07) is -0.948. The Balaban J connectivity index is 2.11. The van der Waals surface area contributed by atoms with E-state index in [1.54, 1.807) is 0 Å². The second-order valence-electron chi connectivity index (χ2n) is 6.56. The topological polar surface area (TPSA) is 78.3 Å². The van der Waals surface area contributed by atoms with Gasteiger partial charge in [-0.3, -0.25) is 4.98 Å². The molecule has 0 aliphatic heterocycles. The molecule has 0 bridgehead atoms. The van der Waals surface area contributed by atoms with E-state index in [9.17, 15) is 27.8 Å². The van der Waals surface area contributed by atoms with Gasteiger partial charge in [0.05, 0.1) is 24.5 Å². The minimum atomic E-state index is -4.65. The lowest BCUT2D eigenvalue weighted by Gasteiger charge is -2.40. The van der Waals surface area contributed by atoms with Crippen molar-refractivity contribution in [1.29, 1.82) is 0 Å². The average Bonchev–Trinajstić information content (AvgIpc) is 2.48. The summed E-state index contributed by atoms with van der Waals surface area (Å²) in [5.74, 6) is -0.782. The van der Waals surface area contributed by atoms with Crippen molar-refractivity contribution >= 4 is 5.82 Å². The Bertz CT molecular complexity index is 556. The van der Waals surface area contributed by atoms with Crippen molar-refractivity contribution in [3.05, 3.63) is 18.1 Å². The van der Waals surface area contributed by atoms with Crippen LogP contribution in [0.15, 0.2) is 12.4 Å². The Morgan fingerprint density at radius 1 is 1.25 bits per heavy atom. The van der Waals surface area contributed by atoms with Crippen LogP contribution in [0.25, 0.3) is 0 Å². The van der Waals surface area contributed by atoms with Gasteiger partial charge in [-0.25, -0.2) is 9.37 Å². The summed E-state index contributed by atoms with van der Waals surface area (Å²) < 4.78 is 52.2. The first-order chi connectivity index (χ1) is 11.1. The molecule has 1 heterocycles. The van der Waals surface area contributed by atoms with Gasteiger partial charge < -0.3 is 15.5 Å². The van der Waals surface area contributed by atoms with Gasteiger partial charge in [0.25, 0.3) is 0 Å². The second-order valence-corrected chi connectivity index (χ2v) is 6.56. The second kappa shape index (κ2) is 7.18. The molecule has 1 fully saturated rings. The van der Waals surface area contributed by atoms with Crippen LogP contribution in [-0.2, 0) is 6.18 Å². The van der Waals surface area contributed by atoms with E-state index in [2.05, 4.69) is 15.3 Å². The summed E-state index contributed by atoms with van der Waals surface area (Å²) in [4.78, 5) is 6.83. The molecule has 2 rings (SSSR count). The molecule has 1 aliphatic carbocycles. The zero-order chi connectivity index (χ0) is 18.1. The zero-order valence-corrected chi connectivity index (χ0v) is 13.3. The number of aromatic nitrogens is 2. The average molecular weight is 351 g/mol. The van der Waals surface area contributed by atoms with Gasteiger partial charge in [-0.1, -0.05) is 13.8 Å². The van der Waals surface area contributed by atoms with E-state index in [0.717, 1.165) is 6.20 Å². The van der Waals surface area contributed by atoms with Gasteiger partial charge in [0.2, 0.25) is 0 Å². The van der Waals surface area contributed by atoms with Gasteiger partial charge in [0, 0.05) is 12.3 Å². The number of alkyl halides is 4. The van der Waals surface area contributed by atoms with Crippen molar-refractivity contribution < 1.29 is 27.8 Å². The Labute approximate surface area is 137 Å². The third-order valence-corrected chi connectivity index (χ3v) is 4.15. The van der Waals surface area contributed by atoms with E-state index in [4.69, 9.17) is 0 Å². The monoisotopic (exact) mass is 351 g/mol. The molecule has 0 amide bonds. The van der Waals surface area contributed by atoms with Crippen molar-refractivity contribution in [3.8, 4) is 0 Å². The molecule has 1 aromatic rings. The van der Waals surface area contributed by atoms with Crippen molar-refractivity contribution in [2.75, 3.05) is 5.32 Å². The van der Waals surface area contributed by atoms with Crippen molar-refractivity contribution in [2.45, 2.75) is 57.3 Å². The predicted molar refractivity (Wildman–Crippen MR) is 78.9 cm³/mol. The fourth-order valence-electron chi connectivity index (χ4n) is 3.00. The summed E-state index contributed by atoms with van der Waals surface area (Å²) in [6.07, 6.45) is -6.72. The molecule has 5 atom stereocenters. The van der Waals surface area contributed by atoms with Gasteiger partial charge >= 0.3 is 6.18 Å². The standard InChI is InChI=1S/C15H21F4N3O2/c1-7(2)3-8-9(16)4-10(14(24)13(8)23)21-12-6-20-5-11(22-12)15(17,18)19/h5-10,13-14,23-24H,3-4H2,1-2H3,(H,21,22)/t8-,9-,10-,13-,14+/m0/s1. The van der Waals surface area contributed by atoms with Crippen LogP contribution in [0.3, 0.4) is 0 Å². The smallest absolute Gasteiger partial charge is 0.390 e. The molecule has 0 radical (unpaired) electrons. The molecule has 5 nitrogen and oxygen atoms in total. The van der Waals surface area contributed by atoms with Gasteiger partial charge in [0.15, 0.2) is 5.69 Å². The normalized spacial score (nSPS) is 31.3. The third-order valence-electron chi connectivity index (χ3n) is 4.15. The highest BCUT2D eigenvalue weighted by Crippen LogP contribution is 2.34. The SMILES string of the molecule is CC(C)C[C@@H]1[C@H](O)[C@H](O)[C@@H](Nc2cncc(C(F)(F)F)n2)C[C@@H]1F. The van der Waals surface area contributed by atoms with E-state index in [0.29, 0.717) is 12.6 Å². The summed E-state index contributed by atoms with van der Waals surface area (Å²) in [6.45, 7) is 3.77. The quantitative estimate of drug-likeness (QED) is 0.726. The van der Waals surface area contributed by atoms with Crippen LogP contribution in [0.1, 0.15) is 32.4 Å². The first-order valence-electron chi connectivity index (χ1n) is 7.75. The molecule has 1 aromatic heterocycles. The van der Waals surface area contributed by atoms with Crippen LogP contribution >= 0.6 is 0 Å². The summed E-state index contributed by atoms with van der Waals surface area (Å²) in [7, 11) is 0. The molecule has 0 saturated heterocycles. The molecule has 9 heteroatoms. The summed E-state index contributed by atoms with van der Waals surface area (Å²) >= 11 is 0. The Hall–Kier alpha value is -1.48. The Kier molecular flexibility index (Phi) is 5.64. The van der Waals surface area contributed by atoms with Gasteiger partial charge in [-0.15, -0.1) is 0 Å². The molecule has 0 aromatic carbocycles. The van der Waals surface area contributed by atoms with Crippen LogP contribution < -0.4 is 5.32 Å². The number of hydrogen-bond donors (Lipinski definition) is 3. The molecule has 1 aliphatic rings. The van der Waals surface area contributed by atoms with E-state index < -0.39 is 42.2 Å². The molecule has 1 saturated carbocycles. The molecular formula is C15H21F4N3O2. The fourth-order valence-corrected chi connectivity index (χ4v) is 3.00. The first-order valence-corrected chi connectivity index (χ1v) is 7.75. The number of hydrogen-bond acceptors (Lipinski definition) is 5. The minimum Gasteiger partial charge on any atom is -0.390 e. The molecular weight excluding hydrogens is 330 g/mol. The Morgan fingerprint density at radius 3 is 2.50 bits per heavy atom. The largest absolute Gasteiger partial charge is 0.434 e. The number of rotatable bonds is 4. The highest BCUT2D eigenvalue weighted by Gasteiger charge is 2.44. The highest BCUT2D eigenvalue weighted by molar-refractivity contribution is 5.34. The lowest BCUT2D eigenvalue weighted by Crippen LogP contribution is -2.54. The number of halogens is 4. The highest BCUT2D eigenvalue weighted by atomic mass is 19.4. The molecule has 0 spiro atoms. The van der Waals surface area contributed by atoms with Crippen LogP contribution in [-0.4, -0.2) is 44.6 Å². The van der Waals surface area contributed by atoms with Crippen molar-refractivity contribution in [3.63, 3.8) is 0 Å². The molecule has 136 valence electrons. The van der Waals surface area contributed by atoms with Gasteiger partial charge in [-0.2, -0.15) is 13.2 Å². The maximum absolute atomic E-state index is 14.3. The number of nitrogens with one attached hydrogen (secondary N) is 1. The number of aliphatic hydroxyl groups is 2. The third kappa shape index (κ3) is 4.32. The minimum absolute atomic E-state index is 0.131. The zero-order valence-electron chi connectivity index (χ0n) is 13.3. The van der Waals surface area contributed by atoms with Crippen molar-refractivity contribution in [1.82, 2.24) is 9.97 Å². The number of aliphatic hydroxyl groups excluding tert-OH is 2. The van der Waals surface area contributed by atoms with E-state index >= 15 is 0 Å². The summed E-state index contributed by atoms with van der Waals surface area (Å²) in [5, 5.41) is 22.9. The van der Waals surface area contributed by atoms with Crippen LogP contribution in [0.2, 0.25) is 0 Å². The van der Waals surface area contributed by atoms with E-state index in [1.807, 2.05) is 13.8 Å². The summed E-state index contributed by atoms with van der Waals surface area (Å²) in [5.41, 5.74) is -1.19. The van der Waals surface area contributed by atoms with Crippen LogP contribution in [0.5, 0.6) is 0 Å². The van der Waals surface area contributed by atoms with Crippen molar-refractivity contribution in [2.24, 2.45) is 11.8 Å². The number of nitrogens with zero attached hydrogens (tertiary/aromatic N) is 2. The van der Waals surface area contributed by atoms with E-state index in [-0.39, 0.29) is 18.2 Å². The lowest BCUT2D eigenvalue weighted by atomic mass is 9.76. The first kappa shape index (κ1) is 18.9. The van der Waals surface area contributed by atoms with Crippen LogP contribution in [0.4, 0.5) is 23.4 Å². The Morgan fingerprint density at radius 2 is 1.92 bits per heavy atom. The molecule has 24 heavy (non-hydrogen) atoms. The van der Waals surface area contributed by atoms with E-state index in [1.165, 1.54) is 0 Å². The predicted octanol–water partition coefficient (Wildman–Crippen LogP) is 2.40. The van der Waals surface area contributed by atoms with Gasteiger partial charge in [-0.05, 0) is 12.3 Å². The lowest BCUT2D eigenvalue weighted by molar-refractivity contribution is -0.141.